The van der Waals surface area contributed by atoms with Crippen molar-refractivity contribution in [1.29, 1.82) is 0 Å². The summed E-state index contributed by atoms with van der Waals surface area (Å²) >= 11 is 0. The maximum Gasteiger partial charge on any atom is 0.315 e. The van der Waals surface area contributed by atoms with Gasteiger partial charge in [-0.05, 0) is 19.1 Å². The predicted octanol–water partition coefficient (Wildman–Crippen LogP) is 2.34. The number of aromatic hydroxyl groups is 1. The fourth-order valence-electron chi connectivity index (χ4n) is 1.78. The first-order valence-corrected chi connectivity index (χ1v) is 7.63. The van der Waals surface area contributed by atoms with Gasteiger partial charge in [-0.3, -0.25) is 10.5 Å². The van der Waals surface area contributed by atoms with E-state index in [-0.39, 0.29) is 18.9 Å². The Morgan fingerprint density at radius 3 is 2.67 bits per heavy atom. The van der Waals surface area contributed by atoms with Crippen LogP contribution in [0.3, 0.4) is 0 Å². The molecule has 0 fully saturated rings. The Balaban J connectivity index is 1.98. The van der Waals surface area contributed by atoms with Gasteiger partial charge in [0, 0.05) is 23.9 Å². The van der Waals surface area contributed by atoms with Crippen molar-refractivity contribution in [3.63, 3.8) is 0 Å². The molecule has 0 radical (unpaired) electrons. The van der Waals surface area contributed by atoms with Crippen LogP contribution in [-0.2, 0) is 17.7 Å². The number of hydrogen-bond donors (Lipinski definition) is 3. The summed E-state index contributed by atoms with van der Waals surface area (Å²) in [4.78, 5) is 4.09. The van der Waals surface area contributed by atoms with E-state index in [0.29, 0.717) is 22.6 Å². The van der Waals surface area contributed by atoms with Crippen LogP contribution in [0.4, 0.5) is 0 Å². The summed E-state index contributed by atoms with van der Waals surface area (Å²) in [6.07, 6.45) is 1.63. The molecule has 2 rings (SSSR count). The molecule has 0 spiro atoms. The molecule has 0 saturated heterocycles. The minimum Gasteiger partial charge on any atom is -0.506 e. The fraction of sp³-hybridized carbons (Fsp3) is 0.214. The van der Waals surface area contributed by atoms with Gasteiger partial charge in [-0.1, -0.05) is 18.2 Å². The summed E-state index contributed by atoms with van der Waals surface area (Å²) in [5, 5.41) is 9.92. The van der Waals surface area contributed by atoms with E-state index in [4.69, 9.17) is 20.3 Å². The number of hydrogen-bond acceptors (Lipinski definition) is 6. The Bertz CT molecular complexity index is 596. The molecule has 1 heterocycles. The maximum atomic E-state index is 9.92. The van der Waals surface area contributed by atoms with Gasteiger partial charge in [-0.15, -0.1) is 0 Å². The van der Waals surface area contributed by atoms with Gasteiger partial charge in [0.05, 0.1) is 12.3 Å². The van der Waals surface area contributed by atoms with Crippen LogP contribution in [0.5, 0.6) is 11.5 Å². The summed E-state index contributed by atoms with van der Waals surface area (Å²) in [6, 6.07) is 9.20. The summed E-state index contributed by atoms with van der Waals surface area (Å²) in [5.41, 5.74) is 13.3. The Morgan fingerprint density at radius 2 is 2.00 bits per heavy atom. The molecule has 1 aromatic carbocycles. The van der Waals surface area contributed by atoms with Crippen LogP contribution in [0.1, 0.15) is 16.8 Å². The first-order valence-electron chi connectivity index (χ1n) is 6.39. The van der Waals surface area contributed by atoms with Crippen LogP contribution in [0.15, 0.2) is 36.5 Å². The summed E-state index contributed by atoms with van der Waals surface area (Å²) in [7, 11) is -1.57. The zero-order valence-electron chi connectivity index (χ0n) is 11.7. The number of nitrogens with two attached hydrogens (primary N) is 2. The third kappa shape index (κ3) is 4.12. The van der Waals surface area contributed by atoms with Gasteiger partial charge in [-0.2, -0.15) is 0 Å². The topological polar surface area (TPSA) is 104 Å². The summed E-state index contributed by atoms with van der Waals surface area (Å²) in [6.45, 7) is 2.10. The lowest BCUT2D eigenvalue weighted by atomic mass is 10.1. The minimum absolute atomic E-state index is 0.101. The van der Waals surface area contributed by atoms with Gasteiger partial charge in [0.1, 0.15) is 11.5 Å². The normalized spacial score (nSPS) is 12.1. The maximum absolute atomic E-state index is 9.92. The van der Waals surface area contributed by atoms with Crippen molar-refractivity contribution in [1.82, 2.24) is 4.98 Å². The van der Waals surface area contributed by atoms with E-state index >= 15 is 0 Å². The van der Waals surface area contributed by atoms with Crippen molar-refractivity contribution in [2.75, 3.05) is 0 Å². The van der Waals surface area contributed by atoms with Crippen molar-refractivity contribution in [2.24, 2.45) is 11.2 Å². The minimum atomic E-state index is -1.57. The molecule has 0 amide bonds. The van der Waals surface area contributed by atoms with E-state index < -0.39 is 8.53 Å². The highest BCUT2D eigenvalue weighted by molar-refractivity contribution is 7.44. The van der Waals surface area contributed by atoms with Crippen LogP contribution < -0.4 is 15.8 Å². The van der Waals surface area contributed by atoms with Crippen molar-refractivity contribution < 1.29 is 14.2 Å². The van der Waals surface area contributed by atoms with E-state index in [2.05, 4.69) is 4.98 Å². The number of pyridine rings is 1. The van der Waals surface area contributed by atoms with Crippen molar-refractivity contribution in [3.8, 4) is 11.5 Å². The molecule has 112 valence electrons. The number of nitrogens with zero attached hydrogens (tertiary/aromatic N) is 1. The molecule has 0 aliphatic heterocycles. The Kier molecular flexibility index (Phi) is 5.47. The number of aryl methyl sites for hydroxylation is 1. The molecule has 1 aromatic heterocycles. The molecular weight excluding hydrogens is 289 g/mol. The summed E-state index contributed by atoms with van der Waals surface area (Å²) < 4.78 is 11.0. The number of benzene rings is 1. The quantitative estimate of drug-likeness (QED) is 0.708. The second-order valence-corrected chi connectivity index (χ2v) is 5.37. The van der Waals surface area contributed by atoms with Gasteiger partial charge >= 0.3 is 8.53 Å². The van der Waals surface area contributed by atoms with Gasteiger partial charge in [0.15, 0.2) is 0 Å². The second kappa shape index (κ2) is 7.33. The first-order chi connectivity index (χ1) is 10.1. The highest BCUT2D eigenvalue weighted by Crippen LogP contribution is 2.33. The van der Waals surface area contributed by atoms with E-state index in [0.717, 1.165) is 0 Å². The molecule has 5 N–H and O–H groups in total. The molecule has 0 aliphatic carbocycles. The van der Waals surface area contributed by atoms with Gasteiger partial charge in [0.2, 0.25) is 0 Å². The lowest BCUT2D eigenvalue weighted by Crippen LogP contribution is -2.07. The highest BCUT2D eigenvalue weighted by Gasteiger charge is 2.13. The van der Waals surface area contributed by atoms with E-state index in [1.54, 1.807) is 25.3 Å². The number of aromatic nitrogens is 1. The third-order valence-electron chi connectivity index (χ3n) is 2.92. The Morgan fingerprint density at radius 1 is 1.29 bits per heavy atom. The monoisotopic (exact) mass is 307 g/mol. The average Bonchev–Trinajstić information content (AvgIpc) is 2.49. The van der Waals surface area contributed by atoms with Crippen LogP contribution in [0.2, 0.25) is 0 Å². The van der Waals surface area contributed by atoms with Gasteiger partial charge in [-0.25, -0.2) is 0 Å². The van der Waals surface area contributed by atoms with Crippen LogP contribution in [0, 0.1) is 6.92 Å². The van der Waals surface area contributed by atoms with E-state index in [1.807, 2.05) is 18.2 Å². The van der Waals surface area contributed by atoms with E-state index in [9.17, 15) is 5.11 Å². The summed E-state index contributed by atoms with van der Waals surface area (Å²) in [5.74, 6) is 0.749. The largest absolute Gasteiger partial charge is 0.506 e. The van der Waals surface area contributed by atoms with Crippen LogP contribution in [0.25, 0.3) is 0 Å². The number of rotatable bonds is 6. The number of para-hydroxylation sites is 1. The molecule has 6 nitrogen and oxygen atoms in total. The second-order valence-electron chi connectivity index (χ2n) is 4.36. The molecule has 7 heteroatoms. The SMILES string of the molecule is Cc1ncc(COP(N)Oc2ccccc2)c(CN)c1O. The highest BCUT2D eigenvalue weighted by atomic mass is 31.2. The standard InChI is InChI=1S/C14H18N3O3P/c1-10-14(18)13(7-15)11(8-17-10)9-19-21(16)20-12-5-3-2-4-6-12/h2-6,8,18H,7,9,15-16H2,1H3. The van der Waals surface area contributed by atoms with Crippen LogP contribution in [-0.4, -0.2) is 10.1 Å². The van der Waals surface area contributed by atoms with Gasteiger partial charge in [0.25, 0.3) is 0 Å². The lowest BCUT2D eigenvalue weighted by molar-refractivity contribution is 0.301. The first kappa shape index (κ1) is 15.7. The Labute approximate surface area is 124 Å². The molecule has 1 atom stereocenters. The van der Waals surface area contributed by atoms with Gasteiger partial charge < -0.3 is 19.9 Å². The zero-order chi connectivity index (χ0) is 15.2. The molecule has 1 unspecified atom stereocenters. The molecule has 2 aromatic rings. The Hall–Kier alpha value is -1.72. The molecular formula is C14H18N3O3P. The molecule has 0 bridgehead atoms. The molecule has 0 aliphatic rings. The fourth-order valence-corrected chi connectivity index (χ4v) is 2.43. The zero-order valence-corrected chi connectivity index (χ0v) is 12.6. The van der Waals surface area contributed by atoms with Crippen molar-refractivity contribution >= 4 is 8.53 Å². The van der Waals surface area contributed by atoms with E-state index in [1.165, 1.54) is 0 Å². The lowest BCUT2D eigenvalue weighted by Gasteiger charge is -2.15. The molecule has 21 heavy (non-hydrogen) atoms. The van der Waals surface area contributed by atoms with Crippen molar-refractivity contribution in [3.05, 3.63) is 53.3 Å². The average molecular weight is 307 g/mol. The predicted molar refractivity (Wildman–Crippen MR) is 81.5 cm³/mol. The smallest absolute Gasteiger partial charge is 0.315 e. The third-order valence-corrected chi connectivity index (χ3v) is 3.69. The van der Waals surface area contributed by atoms with Crippen molar-refractivity contribution in [2.45, 2.75) is 20.1 Å². The van der Waals surface area contributed by atoms with Crippen LogP contribution >= 0.6 is 8.53 Å². The molecule has 0 saturated carbocycles.